The summed E-state index contributed by atoms with van der Waals surface area (Å²) in [5.41, 5.74) is 17.0. The maximum absolute atomic E-state index is 10.1. The van der Waals surface area contributed by atoms with Crippen molar-refractivity contribution < 1.29 is 90.4 Å². The highest BCUT2D eigenvalue weighted by atomic mass is 16.5. The number of aromatic nitrogens is 24. The molecule has 0 amide bonds. The van der Waals surface area contributed by atoms with Gasteiger partial charge in [-0.25, -0.2) is 29.9 Å². The van der Waals surface area contributed by atoms with Crippen molar-refractivity contribution in [3.05, 3.63) is 288 Å². The topological polar surface area (TPSA) is 656 Å². The smallest absolute Gasteiger partial charge is 0.148 e. The van der Waals surface area contributed by atoms with Crippen LogP contribution in [0.2, 0.25) is 0 Å². The summed E-state index contributed by atoms with van der Waals surface area (Å²) in [5.74, 6) is 4.26. The first-order valence-electron chi connectivity index (χ1n) is 42.1. The van der Waals surface area contributed by atoms with Gasteiger partial charge in [0.2, 0.25) is 0 Å². The first kappa shape index (κ1) is 102. The number of pyridine rings is 9. The van der Waals surface area contributed by atoms with Gasteiger partial charge in [0.15, 0.2) is 0 Å². The van der Waals surface area contributed by atoms with Gasteiger partial charge >= 0.3 is 0 Å². The Balaban J connectivity index is 0.000000159. The lowest BCUT2D eigenvalue weighted by Gasteiger charge is -2.10. The maximum Gasteiger partial charge on any atom is 0.148 e. The van der Waals surface area contributed by atoms with E-state index in [1.807, 2.05) is 56.4 Å². The average Bonchev–Trinajstić information content (AvgIpc) is 1.70. The van der Waals surface area contributed by atoms with Crippen LogP contribution in [0.1, 0.15) is 92.4 Å². The van der Waals surface area contributed by atoms with E-state index in [-0.39, 0.29) is 84.8 Å². The largest absolute Gasteiger partial charge is 0.506 e. The quantitative estimate of drug-likeness (QED) is 0.0267. The van der Waals surface area contributed by atoms with Crippen LogP contribution in [0.3, 0.4) is 0 Å². The van der Waals surface area contributed by atoms with E-state index >= 15 is 0 Å². The molecule has 0 aliphatic carbocycles. The molecule has 0 aliphatic heterocycles. The van der Waals surface area contributed by atoms with Gasteiger partial charge in [0.1, 0.15) is 86.7 Å². The summed E-state index contributed by atoms with van der Waals surface area (Å²) >= 11 is 0. The third-order valence-corrected chi connectivity index (χ3v) is 20.0. The standard InChI is InChI=1S/C12H15N3O2.2C11H13N3O2.2C11H12N2O2.2C10H11N3O2.C10H10N2O2.C9H9N3O2/c1-3-17-7-9-6-15-8(2)11(16)10(9)12-13-4-5-14-12;1-7-10(15)9(11-12-3-4-13-11)8(5-14-7)6-16-2;1-2-16-7-8-5-12-6-9(15)10(8)11-13-3-4-14-11;1-15-7-8-5-12-6-10(14)11(8)9-3-2-4-13-9;1-7-11(15)10(8(6-14)5-13-7)9-3-2-4-12-9;1-6-7(5-14)9(8(15)4-13-6)10-11-2-3-12-10;1-6-9(15)8(7(5-14)4-13-6)10-11-2-3-12-10;13-6-7-4-11-5-9(14)10(7)8-2-1-3-12-8;13-5-6-3-10-4-7(14)8(6)9-11-1-2-12-9/h4-6,16H,3,7H2,1-2H3,(H,13,14);3-5,15H,6H2,1-2H3,(H,12,13);3-6,15H,2,7H2,1H3,(H,13,14);2-6,13-14H,7H2,1H3;2-5,12,14-15H,6H2,1H3;2*2-4,14-15H,5H2,1H3,(H,11,12);1-5,12-14H,6H2;1-4,13-14H,5H2,(H,11,12). The number of methoxy groups -OCH3 is 2. The van der Waals surface area contributed by atoms with Crippen LogP contribution in [0.25, 0.3) is 102 Å². The molecule has 42 heteroatoms. The molecule has 137 heavy (non-hydrogen) atoms. The minimum absolute atomic E-state index is 0.00602. The molecule has 23 N–H and O–H groups in total. The van der Waals surface area contributed by atoms with E-state index < -0.39 is 0 Å². The number of ether oxygens (including phenoxy) is 4. The van der Waals surface area contributed by atoms with Crippen LogP contribution < -0.4 is 0 Å². The number of rotatable bonds is 24. The van der Waals surface area contributed by atoms with Gasteiger partial charge in [-0.05, 0) is 84.9 Å². The van der Waals surface area contributed by atoms with Gasteiger partial charge < -0.3 is 135 Å². The highest BCUT2D eigenvalue weighted by Gasteiger charge is 2.23. The van der Waals surface area contributed by atoms with E-state index in [0.29, 0.717) is 175 Å². The summed E-state index contributed by atoms with van der Waals surface area (Å²) in [4.78, 5) is 86.6. The normalized spacial score (nSPS) is 10.5. The van der Waals surface area contributed by atoms with E-state index in [9.17, 15) is 51.1 Å². The monoisotopic (exact) mass is 1870 g/mol. The molecule has 0 radical (unpaired) electrons. The summed E-state index contributed by atoms with van der Waals surface area (Å²) in [6.07, 6.45) is 44.9. The molecular formula is C95H106N24O18. The number of imidazole rings is 6. The van der Waals surface area contributed by atoms with Crippen LogP contribution in [0.5, 0.6) is 51.7 Å². The number of nitrogens with zero attached hydrogens (tertiary/aromatic N) is 15. The van der Waals surface area contributed by atoms with E-state index in [0.717, 1.165) is 44.9 Å². The number of aliphatic hydroxyl groups is 5. The molecule has 0 bridgehead atoms. The van der Waals surface area contributed by atoms with E-state index in [1.165, 1.54) is 49.6 Å². The molecule has 18 heterocycles. The average molecular weight is 1870 g/mol. The fourth-order valence-corrected chi connectivity index (χ4v) is 13.4. The number of aliphatic hydroxyl groups excluding tert-OH is 5. The number of H-pyrrole nitrogens is 9. The van der Waals surface area contributed by atoms with Crippen molar-refractivity contribution in [1.82, 2.24) is 120 Å². The Morgan fingerprint density at radius 2 is 0.504 bits per heavy atom. The number of nitrogens with one attached hydrogen (secondary N) is 9. The van der Waals surface area contributed by atoms with Gasteiger partial charge in [-0.1, -0.05) is 0 Å². The van der Waals surface area contributed by atoms with Crippen molar-refractivity contribution in [2.24, 2.45) is 0 Å². The highest BCUT2D eigenvalue weighted by Crippen LogP contribution is 2.40. The number of hydrogen-bond acceptors (Lipinski definition) is 33. The predicted octanol–water partition coefficient (Wildman–Crippen LogP) is 12.8. The highest BCUT2D eigenvalue weighted by molar-refractivity contribution is 5.76. The third-order valence-electron chi connectivity index (χ3n) is 20.0. The van der Waals surface area contributed by atoms with Crippen molar-refractivity contribution in [3.63, 3.8) is 0 Å². The molecule has 18 rings (SSSR count). The summed E-state index contributed by atoms with van der Waals surface area (Å²) in [7, 11) is 3.21. The summed E-state index contributed by atoms with van der Waals surface area (Å²) in [5, 5.41) is 134. The zero-order chi connectivity index (χ0) is 98.3. The second-order valence-electron chi connectivity index (χ2n) is 29.0. The number of aromatic hydroxyl groups is 9. The van der Waals surface area contributed by atoms with E-state index in [4.69, 9.17) is 39.4 Å². The van der Waals surface area contributed by atoms with Crippen LogP contribution in [-0.4, -0.2) is 219 Å². The van der Waals surface area contributed by atoms with Gasteiger partial charge in [0.05, 0.1) is 147 Å². The summed E-state index contributed by atoms with van der Waals surface area (Å²) < 4.78 is 20.8. The Morgan fingerprint density at radius 3 is 0.832 bits per heavy atom. The summed E-state index contributed by atoms with van der Waals surface area (Å²) in [6.45, 7) is 14.6. The number of aromatic amines is 9. The van der Waals surface area contributed by atoms with Crippen LogP contribution in [-0.2, 0) is 78.4 Å². The molecule has 0 spiro atoms. The van der Waals surface area contributed by atoms with Crippen LogP contribution >= 0.6 is 0 Å². The minimum atomic E-state index is -0.184. The van der Waals surface area contributed by atoms with Crippen molar-refractivity contribution in [2.75, 3.05) is 27.4 Å². The second-order valence-corrected chi connectivity index (χ2v) is 29.0. The zero-order valence-corrected chi connectivity index (χ0v) is 76.0. The van der Waals surface area contributed by atoms with Gasteiger partial charge in [0, 0.05) is 259 Å². The molecule has 42 nitrogen and oxygen atoms in total. The van der Waals surface area contributed by atoms with Gasteiger partial charge in [-0.3, -0.25) is 44.9 Å². The van der Waals surface area contributed by atoms with Crippen LogP contribution in [0, 0.1) is 34.6 Å². The fraction of sp³-hybridized carbons (Fsp3) is 0.211. The van der Waals surface area contributed by atoms with E-state index in [1.54, 1.807) is 167 Å². The molecule has 18 aromatic heterocycles. The van der Waals surface area contributed by atoms with Gasteiger partial charge in [-0.2, -0.15) is 0 Å². The Labute approximate surface area is 783 Å². The van der Waals surface area contributed by atoms with Gasteiger partial charge in [0.25, 0.3) is 0 Å². The predicted molar refractivity (Wildman–Crippen MR) is 503 cm³/mol. The zero-order valence-electron chi connectivity index (χ0n) is 76.0. The second kappa shape index (κ2) is 51.9. The first-order valence-corrected chi connectivity index (χ1v) is 42.1. The molecule has 0 fully saturated rings. The molecule has 18 aromatic rings. The van der Waals surface area contributed by atoms with Crippen molar-refractivity contribution in [1.29, 1.82) is 0 Å². The molecule has 0 saturated heterocycles. The Kier molecular flexibility index (Phi) is 38.8. The van der Waals surface area contributed by atoms with Gasteiger partial charge in [-0.15, -0.1) is 0 Å². The van der Waals surface area contributed by atoms with Crippen molar-refractivity contribution >= 4 is 0 Å². The lowest BCUT2D eigenvalue weighted by molar-refractivity contribution is 0.134. The Bertz CT molecular complexity index is 6420. The van der Waals surface area contributed by atoms with E-state index in [2.05, 4.69) is 120 Å². The van der Waals surface area contributed by atoms with Crippen molar-refractivity contribution in [3.8, 4) is 154 Å². The Morgan fingerprint density at radius 1 is 0.248 bits per heavy atom. The molecule has 0 aliphatic rings. The molecule has 0 atom stereocenters. The number of hydrogen-bond donors (Lipinski definition) is 23. The number of aryl methyl sites for hydroxylation is 5. The third kappa shape index (κ3) is 26.8. The molecular weight excluding hydrogens is 1770 g/mol. The SMILES string of the molecule is CCOCc1cnc(C)c(O)c1-c1ncc[nH]1.CCOCc1cncc(O)c1-c1ncc[nH]1.COCc1cnc(C)c(O)c1-c1ncc[nH]1.COCc1cncc(O)c1-c1ccc[nH]1.Cc1ncc(CO)c(-c2ccc[nH]2)c1O.Cc1ncc(CO)c(-c2ncc[nH]2)c1O.Cc1ncc(O)c(-c2ncc[nH]2)c1CO.OCc1cncc(O)c1-c1ccc[nH]1.OCc1cncc(O)c1-c1ncc[nH]1. The molecule has 0 aromatic carbocycles. The maximum atomic E-state index is 10.1. The first-order chi connectivity index (χ1) is 66.5. The fourth-order valence-electron chi connectivity index (χ4n) is 13.4. The summed E-state index contributed by atoms with van der Waals surface area (Å²) in [6, 6.07) is 11.1. The Hall–Kier alpha value is -16.7. The minimum Gasteiger partial charge on any atom is -0.506 e. The molecule has 0 unspecified atom stereocenters. The lowest BCUT2D eigenvalue weighted by Crippen LogP contribution is -1.99. The van der Waals surface area contributed by atoms with Crippen LogP contribution in [0.15, 0.2) is 210 Å². The van der Waals surface area contributed by atoms with Crippen LogP contribution in [0.4, 0.5) is 0 Å². The molecule has 714 valence electrons. The lowest BCUT2D eigenvalue weighted by atomic mass is 10.1. The van der Waals surface area contributed by atoms with Crippen molar-refractivity contribution in [2.45, 2.75) is 108 Å². The molecule has 0 saturated carbocycles.